The Morgan fingerprint density at radius 2 is 1.68 bits per heavy atom. The van der Waals surface area contributed by atoms with E-state index >= 15 is 0 Å². The number of nitrogens with zero attached hydrogens (tertiary/aromatic N) is 1. The molecule has 2 amide bonds. The number of hydrogen-bond donors (Lipinski definition) is 4. The second-order valence-corrected chi connectivity index (χ2v) is 19.0. The Labute approximate surface area is 367 Å². The Morgan fingerprint density at radius 3 is 2.41 bits per heavy atom. The summed E-state index contributed by atoms with van der Waals surface area (Å²) in [6.07, 6.45) is 6.12. The third-order valence-corrected chi connectivity index (χ3v) is 13.2. The van der Waals surface area contributed by atoms with Crippen molar-refractivity contribution < 1.29 is 53.2 Å². The molecule has 3 aromatic carbocycles. The number of amides is 2. The second kappa shape index (κ2) is 17.1. The van der Waals surface area contributed by atoms with Gasteiger partial charge in [-0.05, 0) is 99.7 Å². The van der Waals surface area contributed by atoms with Crippen LogP contribution >= 0.6 is 0 Å². The van der Waals surface area contributed by atoms with E-state index in [0.717, 1.165) is 42.4 Å². The van der Waals surface area contributed by atoms with Crippen LogP contribution < -0.4 is 10.6 Å². The standard InChI is InChI=1S/C49H57N3O11/c1-47(2,3)60-39(55)22-21-36(28-53)51-44(56)33-15-8-11-30(24-33)26-50-46(58)48-25-38-40-41(62-49(61-40,34-17-18-34)35-19-20-35)43(48)63-52(42(48)45(57)59-38)27-31-12-6-9-29(23-31)10-7-14-32-13-4-5-16-37(32)54/h4-13,15-16,23-24,34-36,38,40-43,53-54H,14,17-22,25-28H2,1-3H3,(H,50,58)(H,51,56). The van der Waals surface area contributed by atoms with Crippen molar-refractivity contribution in [2.75, 3.05) is 6.61 Å². The van der Waals surface area contributed by atoms with Crippen molar-refractivity contribution in [2.45, 2.75) is 133 Å². The quantitative estimate of drug-likeness (QED) is 0.137. The summed E-state index contributed by atoms with van der Waals surface area (Å²) in [5, 5.41) is 27.7. The fourth-order valence-electron chi connectivity index (χ4n) is 9.98. The van der Waals surface area contributed by atoms with E-state index in [2.05, 4.69) is 10.6 Å². The first-order chi connectivity index (χ1) is 30.3. The molecule has 0 spiro atoms. The summed E-state index contributed by atoms with van der Waals surface area (Å²) in [4.78, 5) is 61.7. The molecular weight excluding hydrogens is 807 g/mol. The summed E-state index contributed by atoms with van der Waals surface area (Å²) in [6.45, 7) is 5.21. The number of aliphatic hydroxyl groups is 1. The van der Waals surface area contributed by atoms with E-state index in [1.165, 1.54) is 0 Å². The summed E-state index contributed by atoms with van der Waals surface area (Å²) < 4.78 is 25.5. The molecule has 3 heterocycles. The largest absolute Gasteiger partial charge is 0.508 e. The minimum absolute atomic E-state index is 0.0285. The highest BCUT2D eigenvalue weighted by Crippen LogP contribution is 2.63. The first-order valence-corrected chi connectivity index (χ1v) is 22.3. The van der Waals surface area contributed by atoms with Gasteiger partial charge in [-0.15, -0.1) is 0 Å². The topological polar surface area (TPSA) is 182 Å². The zero-order valence-corrected chi connectivity index (χ0v) is 36.0. The van der Waals surface area contributed by atoms with Crippen LogP contribution in [0.2, 0.25) is 0 Å². The van der Waals surface area contributed by atoms with Gasteiger partial charge in [-0.25, -0.2) is 0 Å². The molecule has 3 saturated heterocycles. The average Bonchev–Trinajstić information content (AvgIpc) is 4.21. The molecule has 7 unspecified atom stereocenters. The minimum Gasteiger partial charge on any atom is -0.508 e. The highest BCUT2D eigenvalue weighted by Gasteiger charge is 2.78. The van der Waals surface area contributed by atoms with E-state index < -0.39 is 71.1 Å². The lowest BCUT2D eigenvalue weighted by molar-refractivity contribution is -0.235. The van der Waals surface area contributed by atoms with Gasteiger partial charge in [0.25, 0.3) is 5.91 Å². The van der Waals surface area contributed by atoms with Gasteiger partial charge in [-0.2, -0.15) is 5.06 Å². The highest BCUT2D eigenvalue weighted by atomic mass is 16.8. The first-order valence-electron chi connectivity index (χ1n) is 22.3. The molecule has 6 aliphatic rings. The predicted molar refractivity (Wildman–Crippen MR) is 228 cm³/mol. The van der Waals surface area contributed by atoms with E-state index in [1.54, 1.807) is 62.2 Å². The number of hydrogen-bond acceptors (Lipinski definition) is 12. The molecule has 3 aromatic rings. The number of rotatable bonds is 16. The number of aliphatic hydroxyl groups excluding tert-OH is 1. The highest BCUT2D eigenvalue weighted by molar-refractivity contribution is 5.95. The molecule has 3 aliphatic heterocycles. The SMILES string of the molecule is CC(C)(C)OC(=O)CCC(CO)NC(=O)c1cccc(CNC(=O)C23CC4OC(=O)C2N(Cc2cccc(C=CCc5ccccc5O)c2)OC3C2OC(C3CC3)(C3CC3)OC42)c1. The second-order valence-electron chi connectivity index (χ2n) is 19.0. The molecule has 2 bridgehead atoms. The molecule has 334 valence electrons. The smallest absolute Gasteiger partial charge is 0.327 e. The van der Waals surface area contributed by atoms with Crippen LogP contribution in [0, 0.1) is 17.3 Å². The van der Waals surface area contributed by atoms with Gasteiger partial charge in [-0.1, -0.05) is 66.7 Å². The third kappa shape index (κ3) is 8.76. The van der Waals surface area contributed by atoms with E-state index in [1.807, 2.05) is 48.6 Å². The van der Waals surface area contributed by atoms with Crippen molar-refractivity contribution in [3.05, 3.63) is 107 Å². The fraction of sp³-hybridized carbons (Fsp3) is 0.510. The molecule has 63 heavy (non-hydrogen) atoms. The summed E-state index contributed by atoms with van der Waals surface area (Å²) in [5.41, 5.74) is 1.54. The monoisotopic (exact) mass is 863 g/mol. The molecule has 6 fully saturated rings. The molecule has 3 saturated carbocycles. The van der Waals surface area contributed by atoms with Gasteiger partial charge < -0.3 is 39.8 Å². The number of phenols is 1. The van der Waals surface area contributed by atoms with Crippen LogP contribution in [-0.2, 0) is 57.7 Å². The van der Waals surface area contributed by atoms with Crippen LogP contribution in [0.15, 0.2) is 78.9 Å². The Morgan fingerprint density at radius 1 is 0.952 bits per heavy atom. The lowest BCUT2D eigenvalue weighted by Gasteiger charge is -2.48. The summed E-state index contributed by atoms with van der Waals surface area (Å²) >= 11 is 0. The van der Waals surface area contributed by atoms with Crippen molar-refractivity contribution in [3.8, 4) is 5.75 Å². The molecule has 0 radical (unpaired) electrons. The van der Waals surface area contributed by atoms with Crippen molar-refractivity contribution >= 4 is 29.8 Å². The maximum absolute atomic E-state index is 15.0. The maximum Gasteiger partial charge on any atom is 0.327 e. The van der Waals surface area contributed by atoms with E-state index in [9.17, 15) is 29.4 Å². The molecule has 3 aliphatic carbocycles. The number of benzene rings is 3. The fourth-order valence-corrected chi connectivity index (χ4v) is 9.98. The van der Waals surface area contributed by atoms with Crippen LogP contribution in [0.5, 0.6) is 5.75 Å². The number of hydroxylamine groups is 2. The van der Waals surface area contributed by atoms with Crippen molar-refractivity contribution in [3.63, 3.8) is 0 Å². The number of aromatic hydroxyl groups is 1. The Balaban J connectivity index is 0.935. The van der Waals surface area contributed by atoms with E-state index in [-0.39, 0.29) is 62.5 Å². The van der Waals surface area contributed by atoms with Crippen LogP contribution in [-0.4, -0.2) is 93.5 Å². The van der Waals surface area contributed by atoms with Crippen LogP contribution in [0.25, 0.3) is 6.08 Å². The third-order valence-electron chi connectivity index (χ3n) is 13.2. The maximum atomic E-state index is 15.0. The Hall–Kier alpha value is -5.12. The Kier molecular flexibility index (Phi) is 11.7. The number of para-hydroxylation sites is 1. The van der Waals surface area contributed by atoms with Crippen LogP contribution in [0.4, 0.5) is 0 Å². The van der Waals surface area contributed by atoms with Gasteiger partial charge in [-0.3, -0.25) is 24.0 Å². The number of allylic oxidation sites excluding steroid dienone is 1. The Bertz CT molecular complexity index is 2250. The van der Waals surface area contributed by atoms with E-state index in [4.69, 9.17) is 23.8 Å². The van der Waals surface area contributed by atoms with Gasteiger partial charge in [0.05, 0.1) is 19.2 Å². The van der Waals surface area contributed by atoms with Gasteiger partial charge >= 0.3 is 11.9 Å². The molecule has 0 aromatic heterocycles. The molecular formula is C49H57N3O11. The summed E-state index contributed by atoms with van der Waals surface area (Å²) in [5.74, 6) is -1.84. The molecule has 9 rings (SSSR count). The lowest BCUT2D eigenvalue weighted by atomic mass is 9.62. The van der Waals surface area contributed by atoms with Gasteiger partial charge in [0.15, 0.2) is 11.8 Å². The summed E-state index contributed by atoms with van der Waals surface area (Å²) in [6, 6.07) is 20.2. The molecule has 14 nitrogen and oxygen atoms in total. The number of carbonyl (C=O) groups excluding carboxylic acids is 4. The van der Waals surface area contributed by atoms with Gasteiger partial charge in [0.2, 0.25) is 5.91 Å². The lowest BCUT2D eigenvalue weighted by Crippen LogP contribution is -2.69. The number of fused-ring (bicyclic) bond motifs is 4. The number of nitrogens with one attached hydrogen (secondary N) is 2. The van der Waals surface area contributed by atoms with Gasteiger partial charge in [0, 0.05) is 36.8 Å². The first kappa shape index (κ1) is 43.1. The molecule has 7 atom stereocenters. The van der Waals surface area contributed by atoms with E-state index in [0.29, 0.717) is 17.5 Å². The number of carbonyl (C=O) groups is 4. The molecule has 14 heteroatoms. The van der Waals surface area contributed by atoms with Gasteiger partial charge in [0.1, 0.15) is 41.2 Å². The van der Waals surface area contributed by atoms with Crippen LogP contribution in [0.1, 0.15) is 98.3 Å². The normalized spacial score (nSPS) is 27.7. The minimum atomic E-state index is -1.37. The van der Waals surface area contributed by atoms with Crippen molar-refractivity contribution in [1.82, 2.24) is 15.7 Å². The zero-order chi connectivity index (χ0) is 44.1. The molecule has 4 N–H and O–H groups in total. The number of ether oxygens (including phenoxy) is 4. The van der Waals surface area contributed by atoms with Crippen molar-refractivity contribution in [1.29, 1.82) is 0 Å². The number of phenolic OH excluding ortho intramolecular Hbond substituents is 1. The average molecular weight is 864 g/mol. The predicted octanol–water partition coefficient (Wildman–Crippen LogP) is 5.28. The number of esters is 2. The van der Waals surface area contributed by atoms with Crippen LogP contribution in [0.3, 0.4) is 0 Å². The van der Waals surface area contributed by atoms with Crippen molar-refractivity contribution in [2.24, 2.45) is 17.3 Å². The zero-order valence-electron chi connectivity index (χ0n) is 36.0. The summed E-state index contributed by atoms with van der Waals surface area (Å²) in [7, 11) is 0.